The number of hydrogen-bond acceptors (Lipinski definition) is 6. The largest absolute Gasteiger partial charge is 0.493 e. The molecule has 8 nitrogen and oxygen atoms in total. The van der Waals surface area contributed by atoms with Gasteiger partial charge in [-0.25, -0.2) is 0 Å². The van der Waals surface area contributed by atoms with Crippen LogP contribution in [0.4, 0.5) is 0 Å². The van der Waals surface area contributed by atoms with Gasteiger partial charge in [0, 0.05) is 12.1 Å². The summed E-state index contributed by atoms with van der Waals surface area (Å²) in [4.78, 5) is 10.9. The maximum atomic E-state index is 10.9. The van der Waals surface area contributed by atoms with Gasteiger partial charge >= 0.3 is 0 Å². The molecule has 24 heavy (non-hydrogen) atoms. The number of carbonyl (C=O) groups excluding carboxylic acids is 1. The number of thiocarbonyl (C=S) groups is 1. The Morgan fingerprint density at radius 1 is 1.38 bits per heavy atom. The molecule has 9 heteroatoms. The summed E-state index contributed by atoms with van der Waals surface area (Å²) < 4.78 is 15.8. The molecule has 0 aliphatic rings. The van der Waals surface area contributed by atoms with Gasteiger partial charge in [0.1, 0.15) is 0 Å². The normalized spacial score (nSPS) is 10.1. The first-order valence-corrected chi connectivity index (χ1v) is 7.27. The minimum atomic E-state index is -0.602. The van der Waals surface area contributed by atoms with Crippen LogP contribution in [0, 0.1) is 0 Å². The fourth-order valence-corrected chi connectivity index (χ4v) is 1.77. The molecule has 0 saturated carbocycles. The average Bonchev–Trinajstić information content (AvgIpc) is 2.57. The summed E-state index contributed by atoms with van der Waals surface area (Å²) in [6.45, 7) is 3.83. The van der Waals surface area contributed by atoms with Crippen molar-refractivity contribution in [2.24, 2.45) is 10.8 Å². The number of ether oxygens (including phenoxy) is 3. The predicted octanol–water partition coefficient (Wildman–Crippen LogP) is 0.552. The Morgan fingerprint density at radius 3 is 2.50 bits per heavy atom. The molecule has 0 aliphatic heterocycles. The number of hydrogen-bond donors (Lipinski definition) is 3. The number of hydrazone groups is 1. The van der Waals surface area contributed by atoms with Crippen LogP contribution in [0.15, 0.2) is 29.9 Å². The van der Waals surface area contributed by atoms with Crippen LogP contribution in [0.1, 0.15) is 5.56 Å². The summed E-state index contributed by atoms with van der Waals surface area (Å²) in [5.74, 6) is 0.440. The lowest BCUT2D eigenvalue weighted by Gasteiger charge is -2.14. The van der Waals surface area contributed by atoms with E-state index in [1.807, 2.05) is 0 Å². The predicted molar refractivity (Wildman–Crippen MR) is 95.8 cm³/mol. The van der Waals surface area contributed by atoms with Crippen LogP contribution in [0.2, 0.25) is 0 Å². The molecule has 0 aromatic heterocycles. The van der Waals surface area contributed by atoms with E-state index >= 15 is 0 Å². The van der Waals surface area contributed by atoms with Crippen LogP contribution < -0.4 is 30.7 Å². The molecular weight excluding hydrogens is 332 g/mol. The van der Waals surface area contributed by atoms with Gasteiger partial charge in [-0.15, -0.1) is 6.58 Å². The monoisotopic (exact) mass is 352 g/mol. The van der Waals surface area contributed by atoms with Crippen LogP contribution in [0.5, 0.6) is 17.2 Å². The van der Waals surface area contributed by atoms with Crippen molar-refractivity contribution in [2.45, 2.75) is 0 Å². The Morgan fingerprint density at radius 2 is 2.00 bits per heavy atom. The molecule has 0 radical (unpaired) electrons. The number of carbonyl (C=O) groups is 1. The molecule has 0 unspecified atom stereocenters. The number of benzene rings is 1. The standard InChI is InChI=1S/C15H20N4O4S/c1-4-5-17-15(24)19-18-8-10-6-11(21-2)14(12(7-10)22-3)23-9-13(16)20/h4,6-8H,1,5,9H2,2-3H3,(H2,16,20)(H2,17,19,24)/b18-8-. The van der Waals surface area contributed by atoms with Crippen LogP contribution in [0.25, 0.3) is 0 Å². The third-order valence-corrected chi connectivity index (χ3v) is 2.86. The number of primary amides is 1. The summed E-state index contributed by atoms with van der Waals surface area (Å²) >= 11 is 5.01. The van der Waals surface area contributed by atoms with Crippen molar-refractivity contribution >= 4 is 29.5 Å². The van der Waals surface area contributed by atoms with Crippen molar-refractivity contribution in [1.29, 1.82) is 0 Å². The van der Waals surface area contributed by atoms with E-state index in [9.17, 15) is 4.79 Å². The highest BCUT2D eigenvalue weighted by Gasteiger charge is 2.14. The van der Waals surface area contributed by atoms with Gasteiger partial charge in [-0.1, -0.05) is 6.08 Å². The summed E-state index contributed by atoms with van der Waals surface area (Å²) in [6, 6.07) is 3.34. The van der Waals surface area contributed by atoms with Gasteiger partial charge in [0.05, 0.1) is 20.4 Å². The SMILES string of the molecule is C=CCNC(=S)N/N=C\c1cc(OC)c(OCC(N)=O)c(OC)c1. The molecular formula is C15H20N4O4S. The van der Waals surface area contributed by atoms with Crippen molar-refractivity contribution in [3.05, 3.63) is 30.4 Å². The van der Waals surface area contributed by atoms with E-state index in [1.165, 1.54) is 20.4 Å². The Hall–Kier alpha value is -2.81. The van der Waals surface area contributed by atoms with Crippen LogP contribution >= 0.6 is 12.2 Å². The second-order valence-electron chi connectivity index (χ2n) is 4.38. The molecule has 0 spiro atoms. The average molecular weight is 352 g/mol. The maximum Gasteiger partial charge on any atom is 0.255 e. The molecule has 1 aromatic carbocycles. The third-order valence-electron chi connectivity index (χ3n) is 2.63. The van der Waals surface area contributed by atoms with E-state index < -0.39 is 5.91 Å². The molecule has 0 aliphatic carbocycles. The summed E-state index contributed by atoms with van der Waals surface area (Å²) in [7, 11) is 2.94. The second-order valence-corrected chi connectivity index (χ2v) is 4.79. The van der Waals surface area contributed by atoms with Gasteiger partial charge in [-0.3, -0.25) is 10.2 Å². The first-order valence-electron chi connectivity index (χ1n) is 6.86. The highest BCUT2D eigenvalue weighted by atomic mass is 32.1. The molecule has 0 saturated heterocycles. The zero-order chi connectivity index (χ0) is 17.9. The quantitative estimate of drug-likeness (QED) is 0.258. The molecule has 1 rings (SSSR count). The van der Waals surface area contributed by atoms with E-state index in [-0.39, 0.29) is 12.4 Å². The van der Waals surface area contributed by atoms with Gasteiger partial charge in [-0.05, 0) is 24.4 Å². The molecule has 0 fully saturated rings. The summed E-state index contributed by atoms with van der Waals surface area (Å²) in [5, 5.41) is 7.25. The lowest BCUT2D eigenvalue weighted by Crippen LogP contribution is -2.31. The molecule has 1 amide bonds. The van der Waals surface area contributed by atoms with Gasteiger partial charge < -0.3 is 25.3 Å². The molecule has 0 atom stereocenters. The number of nitrogens with one attached hydrogen (secondary N) is 2. The highest BCUT2D eigenvalue weighted by molar-refractivity contribution is 7.80. The van der Waals surface area contributed by atoms with Gasteiger partial charge in [-0.2, -0.15) is 5.10 Å². The summed E-state index contributed by atoms with van der Waals surface area (Å²) in [5.41, 5.74) is 8.42. The number of nitrogens with zero attached hydrogens (tertiary/aromatic N) is 1. The van der Waals surface area contributed by atoms with E-state index in [2.05, 4.69) is 22.4 Å². The molecule has 0 bridgehead atoms. The van der Waals surface area contributed by atoms with Crippen LogP contribution in [0.3, 0.4) is 0 Å². The summed E-state index contributed by atoms with van der Waals surface area (Å²) in [6.07, 6.45) is 3.21. The van der Waals surface area contributed by atoms with Gasteiger partial charge in [0.15, 0.2) is 23.2 Å². The van der Waals surface area contributed by atoms with E-state index in [4.69, 9.17) is 32.2 Å². The maximum absolute atomic E-state index is 10.9. The highest BCUT2D eigenvalue weighted by Crippen LogP contribution is 2.38. The van der Waals surface area contributed by atoms with E-state index in [0.29, 0.717) is 28.7 Å². The molecule has 0 heterocycles. The van der Waals surface area contributed by atoms with Crippen molar-refractivity contribution in [3.63, 3.8) is 0 Å². The lowest BCUT2D eigenvalue weighted by molar-refractivity contribution is -0.119. The van der Waals surface area contributed by atoms with E-state index in [1.54, 1.807) is 18.2 Å². The number of nitrogens with two attached hydrogens (primary N) is 1. The van der Waals surface area contributed by atoms with Gasteiger partial charge in [0.25, 0.3) is 5.91 Å². The zero-order valence-corrected chi connectivity index (χ0v) is 14.3. The zero-order valence-electron chi connectivity index (χ0n) is 13.5. The Bertz CT molecular complexity index is 609. The number of methoxy groups -OCH3 is 2. The Labute approximate surface area is 145 Å². The smallest absolute Gasteiger partial charge is 0.255 e. The van der Waals surface area contributed by atoms with Crippen molar-refractivity contribution in [3.8, 4) is 17.2 Å². The first-order chi connectivity index (χ1) is 11.5. The number of rotatable bonds is 9. The van der Waals surface area contributed by atoms with Crippen molar-refractivity contribution in [1.82, 2.24) is 10.7 Å². The fraction of sp³-hybridized carbons (Fsp3) is 0.267. The topological polar surface area (TPSA) is 107 Å². The second kappa shape index (κ2) is 10.1. The fourth-order valence-electron chi connectivity index (χ4n) is 1.63. The minimum absolute atomic E-state index is 0.284. The van der Waals surface area contributed by atoms with Crippen molar-refractivity contribution < 1.29 is 19.0 Å². The Kier molecular flexibility index (Phi) is 8.06. The Balaban J connectivity index is 2.91. The number of amides is 1. The van der Waals surface area contributed by atoms with Crippen LogP contribution in [-0.2, 0) is 4.79 Å². The van der Waals surface area contributed by atoms with Gasteiger partial charge in [0.2, 0.25) is 5.75 Å². The van der Waals surface area contributed by atoms with E-state index in [0.717, 1.165) is 0 Å². The third kappa shape index (κ3) is 6.13. The lowest BCUT2D eigenvalue weighted by atomic mass is 10.2. The molecule has 1 aromatic rings. The van der Waals surface area contributed by atoms with Crippen molar-refractivity contribution in [2.75, 3.05) is 27.4 Å². The van der Waals surface area contributed by atoms with Crippen LogP contribution in [-0.4, -0.2) is 44.6 Å². The minimum Gasteiger partial charge on any atom is -0.493 e. The molecule has 4 N–H and O–H groups in total. The first kappa shape index (κ1) is 19.2. The molecule has 130 valence electrons.